The van der Waals surface area contributed by atoms with Gasteiger partial charge in [-0.2, -0.15) is 11.3 Å². The molecule has 18 heavy (non-hydrogen) atoms. The summed E-state index contributed by atoms with van der Waals surface area (Å²) < 4.78 is 0. The van der Waals surface area contributed by atoms with Crippen molar-refractivity contribution in [2.75, 3.05) is 6.54 Å². The summed E-state index contributed by atoms with van der Waals surface area (Å²) in [6.07, 6.45) is 7.95. The third-order valence-corrected chi connectivity index (χ3v) is 4.79. The highest BCUT2D eigenvalue weighted by molar-refractivity contribution is 7.07. The van der Waals surface area contributed by atoms with Crippen LogP contribution in [0.2, 0.25) is 0 Å². The van der Waals surface area contributed by atoms with E-state index in [0.717, 1.165) is 19.0 Å². The molecule has 1 saturated heterocycles. The number of hydrogen-bond donors (Lipinski definition) is 1. The van der Waals surface area contributed by atoms with Crippen molar-refractivity contribution in [3.63, 3.8) is 0 Å². The van der Waals surface area contributed by atoms with Gasteiger partial charge >= 0.3 is 0 Å². The Kier molecular flexibility index (Phi) is 2.52. The molecular formula is C14H17N3S. The minimum Gasteiger partial charge on any atom is -0.322 e. The van der Waals surface area contributed by atoms with E-state index in [1.54, 1.807) is 11.3 Å². The number of allylic oxidation sites excluding steroid dienone is 1. The number of fused-ring (bicyclic) bond motifs is 1. The van der Waals surface area contributed by atoms with Crippen LogP contribution in [0, 0.1) is 5.92 Å². The third-order valence-electron chi connectivity index (χ3n) is 4.09. The molecule has 1 N–H and O–H groups in total. The Morgan fingerprint density at radius 1 is 1.33 bits per heavy atom. The molecule has 2 fully saturated rings. The van der Waals surface area contributed by atoms with Gasteiger partial charge in [-0.1, -0.05) is 0 Å². The zero-order valence-electron chi connectivity index (χ0n) is 10.2. The fourth-order valence-electron chi connectivity index (χ4n) is 3.07. The molecule has 2 atom stereocenters. The molecule has 1 aliphatic carbocycles. The third kappa shape index (κ3) is 1.71. The number of rotatable bonds is 2. The molecule has 4 heteroatoms. The van der Waals surface area contributed by atoms with Crippen molar-refractivity contribution in [3.05, 3.63) is 34.2 Å². The fourth-order valence-corrected chi connectivity index (χ4v) is 3.76. The van der Waals surface area contributed by atoms with Crippen LogP contribution in [0.4, 0.5) is 0 Å². The standard InChI is InChI=1S/C14H17N3S/c1-2-11(1)17-14(10-5-8-18-9-10)12-3-6-15-7-4-13(12)16-17/h4-5,7-9,11-12,14,16H,1-3,6H2. The van der Waals surface area contributed by atoms with Gasteiger partial charge in [-0.15, -0.1) is 0 Å². The Labute approximate surface area is 111 Å². The van der Waals surface area contributed by atoms with Gasteiger partial charge in [0, 0.05) is 30.4 Å². The van der Waals surface area contributed by atoms with Gasteiger partial charge in [0.25, 0.3) is 0 Å². The number of hydrogen-bond acceptors (Lipinski definition) is 4. The molecule has 4 rings (SSSR count). The molecule has 1 aromatic rings. The van der Waals surface area contributed by atoms with Gasteiger partial charge in [0.05, 0.1) is 6.04 Å². The number of nitrogens with zero attached hydrogens (tertiary/aromatic N) is 2. The van der Waals surface area contributed by atoms with E-state index in [0.29, 0.717) is 12.0 Å². The highest BCUT2D eigenvalue weighted by atomic mass is 32.1. The quantitative estimate of drug-likeness (QED) is 0.884. The smallest absolute Gasteiger partial charge is 0.0635 e. The first kappa shape index (κ1) is 10.8. The van der Waals surface area contributed by atoms with Crippen molar-refractivity contribution in [2.45, 2.75) is 31.3 Å². The largest absolute Gasteiger partial charge is 0.322 e. The molecular weight excluding hydrogens is 242 g/mol. The maximum absolute atomic E-state index is 4.40. The van der Waals surface area contributed by atoms with Crippen molar-refractivity contribution < 1.29 is 0 Å². The zero-order chi connectivity index (χ0) is 11.9. The lowest BCUT2D eigenvalue weighted by atomic mass is 9.90. The van der Waals surface area contributed by atoms with Crippen LogP contribution >= 0.6 is 11.3 Å². The van der Waals surface area contributed by atoms with E-state index >= 15 is 0 Å². The van der Waals surface area contributed by atoms with Crippen LogP contribution in [0.1, 0.15) is 30.9 Å². The molecule has 0 spiro atoms. The minimum absolute atomic E-state index is 0.511. The predicted molar refractivity (Wildman–Crippen MR) is 74.6 cm³/mol. The topological polar surface area (TPSA) is 27.6 Å². The van der Waals surface area contributed by atoms with Gasteiger partial charge in [-0.3, -0.25) is 4.99 Å². The first-order chi connectivity index (χ1) is 8.93. The van der Waals surface area contributed by atoms with Crippen molar-refractivity contribution in [1.82, 2.24) is 10.4 Å². The van der Waals surface area contributed by atoms with Crippen LogP contribution in [0.5, 0.6) is 0 Å². The highest BCUT2D eigenvalue weighted by Crippen LogP contribution is 2.45. The normalized spacial score (nSPS) is 31.7. The predicted octanol–water partition coefficient (Wildman–Crippen LogP) is 2.75. The SMILES string of the molecule is C1=NCCC2C(=C1)NN(C1CC1)C2c1ccsc1. The molecule has 1 aromatic heterocycles. The van der Waals surface area contributed by atoms with Gasteiger partial charge in [0.1, 0.15) is 0 Å². The average molecular weight is 259 g/mol. The molecule has 3 heterocycles. The van der Waals surface area contributed by atoms with Crippen LogP contribution in [-0.4, -0.2) is 23.8 Å². The minimum atomic E-state index is 0.511. The molecule has 0 aromatic carbocycles. The zero-order valence-corrected chi connectivity index (χ0v) is 11.1. The van der Waals surface area contributed by atoms with Gasteiger partial charge < -0.3 is 5.43 Å². The molecule has 2 aliphatic heterocycles. The Morgan fingerprint density at radius 2 is 2.28 bits per heavy atom. The van der Waals surface area contributed by atoms with Gasteiger partial charge in [0.15, 0.2) is 0 Å². The molecule has 0 radical (unpaired) electrons. The molecule has 3 nitrogen and oxygen atoms in total. The fraction of sp³-hybridized carbons (Fsp3) is 0.500. The lowest BCUT2D eigenvalue weighted by Crippen LogP contribution is -2.34. The monoisotopic (exact) mass is 259 g/mol. The maximum Gasteiger partial charge on any atom is 0.0635 e. The van der Waals surface area contributed by atoms with E-state index in [2.05, 4.69) is 38.3 Å². The van der Waals surface area contributed by atoms with Crippen LogP contribution in [0.25, 0.3) is 0 Å². The van der Waals surface area contributed by atoms with E-state index in [9.17, 15) is 0 Å². The van der Waals surface area contributed by atoms with E-state index in [1.165, 1.54) is 24.1 Å². The van der Waals surface area contributed by atoms with Gasteiger partial charge in [0.2, 0.25) is 0 Å². The Balaban J connectivity index is 1.72. The summed E-state index contributed by atoms with van der Waals surface area (Å²) in [5.74, 6) is 0.586. The summed E-state index contributed by atoms with van der Waals surface area (Å²) in [6.45, 7) is 0.950. The van der Waals surface area contributed by atoms with Crippen LogP contribution in [0.15, 0.2) is 33.6 Å². The molecule has 1 saturated carbocycles. The van der Waals surface area contributed by atoms with Crippen molar-refractivity contribution in [2.24, 2.45) is 10.9 Å². The summed E-state index contributed by atoms with van der Waals surface area (Å²) in [5, 5.41) is 6.99. The lowest BCUT2D eigenvalue weighted by molar-refractivity contribution is 0.163. The number of nitrogens with one attached hydrogen (secondary N) is 1. The molecule has 0 bridgehead atoms. The van der Waals surface area contributed by atoms with Crippen molar-refractivity contribution >= 4 is 17.6 Å². The second kappa shape index (κ2) is 4.21. The maximum atomic E-state index is 4.40. The van der Waals surface area contributed by atoms with E-state index < -0.39 is 0 Å². The summed E-state index contributed by atoms with van der Waals surface area (Å²) in [6, 6.07) is 3.53. The first-order valence-electron chi connectivity index (χ1n) is 6.70. The van der Waals surface area contributed by atoms with Gasteiger partial charge in [-0.25, -0.2) is 5.01 Å². The van der Waals surface area contributed by atoms with Crippen LogP contribution < -0.4 is 5.43 Å². The first-order valence-corrected chi connectivity index (χ1v) is 7.65. The van der Waals surface area contributed by atoms with E-state index in [4.69, 9.17) is 0 Å². The summed E-state index contributed by atoms with van der Waals surface area (Å²) in [7, 11) is 0. The van der Waals surface area contributed by atoms with E-state index in [-0.39, 0.29) is 0 Å². The number of aliphatic imine (C=N–C) groups is 1. The van der Waals surface area contributed by atoms with Crippen molar-refractivity contribution in [1.29, 1.82) is 0 Å². The number of hydrazine groups is 1. The molecule has 0 amide bonds. The summed E-state index contributed by atoms with van der Waals surface area (Å²) in [5.41, 5.74) is 6.47. The van der Waals surface area contributed by atoms with Crippen LogP contribution in [-0.2, 0) is 0 Å². The lowest BCUT2D eigenvalue weighted by Gasteiger charge is -2.25. The summed E-state index contributed by atoms with van der Waals surface area (Å²) >= 11 is 1.80. The van der Waals surface area contributed by atoms with Gasteiger partial charge in [-0.05, 0) is 47.7 Å². The Morgan fingerprint density at radius 3 is 3.06 bits per heavy atom. The summed E-state index contributed by atoms with van der Waals surface area (Å²) in [4.78, 5) is 4.40. The second-order valence-electron chi connectivity index (χ2n) is 5.32. The number of thiophene rings is 1. The Bertz CT molecular complexity index is 487. The molecule has 94 valence electrons. The molecule has 3 aliphatic rings. The Hall–Kier alpha value is -1.13. The average Bonchev–Trinajstić information content (AvgIpc) is 3.04. The molecule has 2 unspecified atom stereocenters. The van der Waals surface area contributed by atoms with Crippen LogP contribution in [0.3, 0.4) is 0 Å². The highest BCUT2D eigenvalue weighted by Gasteiger charge is 2.45. The second-order valence-corrected chi connectivity index (χ2v) is 6.10. The van der Waals surface area contributed by atoms with Crippen molar-refractivity contribution in [3.8, 4) is 0 Å². The van der Waals surface area contributed by atoms with E-state index in [1.807, 2.05) is 6.21 Å².